The fourth-order valence-corrected chi connectivity index (χ4v) is 2.59. The molecule has 1 aromatic rings. The van der Waals surface area contributed by atoms with Crippen molar-refractivity contribution in [1.29, 1.82) is 0 Å². The molecule has 0 bridgehead atoms. The molecule has 1 heterocycles. The molecule has 1 aromatic carbocycles. The van der Waals surface area contributed by atoms with Gasteiger partial charge in [0.2, 0.25) is 5.91 Å². The maximum atomic E-state index is 12.8. The standard InChI is InChI=1S/C16H21FN2O3/c1-2-22-16(21)12-4-3-9-19(10-12)11-15(20)18-14-7-5-13(17)6-8-14/h5-8,12H,2-4,9-11H2,1H3,(H,18,20). The van der Waals surface area contributed by atoms with Crippen LogP contribution in [0.25, 0.3) is 0 Å². The molecule has 1 unspecified atom stereocenters. The third-order valence-corrected chi connectivity index (χ3v) is 3.62. The number of nitrogens with zero attached hydrogens (tertiary/aromatic N) is 1. The molecule has 2 rings (SSSR count). The van der Waals surface area contributed by atoms with Crippen LogP contribution in [0.1, 0.15) is 19.8 Å². The van der Waals surface area contributed by atoms with Crippen LogP contribution in [0.3, 0.4) is 0 Å². The zero-order chi connectivity index (χ0) is 15.9. The van der Waals surface area contributed by atoms with E-state index in [0.29, 0.717) is 18.8 Å². The quantitative estimate of drug-likeness (QED) is 0.846. The minimum absolute atomic E-state index is 0.160. The van der Waals surface area contributed by atoms with Crippen LogP contribution >= 0.6 is 0 Å². The number of halogens is 1. The van der Waals surface area contributed by atoms with Crippen molar-refractivity contribution < 1.29 is 18.7 Å². The minimum Gasteiger partial charge on any atom is -0.466 e. The number of carbonyl (C=O) groups excluding carboxylic acids is 2. The molecule has 5 nitrogen and oxygen atoms in total. The number of hydrogen-bond acceptors (Lipinski definition) is 4. The van der Waals surface area contributed by atoms with E-state index in [9.17, 15) is 14.0 Å². The van der Waals surface area contributed by atoms with Gasteiger partial charge in [0.25, 0.3) is 0 Å². The zero-order valence-electron chi connectivity index (χ0n) is 12.7. The van der Waals surface area contributed by atoms with Gasteiger partial charge in [-0.15, -0.1) is 0 Å². The highest BCUT2D eigenvalue weighted by Crippen LogP contribution is 2.18. The molecule has 0 saturated carbocycles. The van der Waals surface area contributed by atoms with Gasteiger partial charge in [-0.2, -0.15) is 0 Å². The Morgan fingerprint density at radius 2 is 2.09 bits per heavy atom. The largest absolute Gasteiger partial charge is 0.466 e. The predicted molar refractivity (Wildman–Crippen MR) is 80.8 cm³/mol. The van der Waals surface area contributed by atoms with Gasteiger partial charge >= 0.3 is 5.97 Å². The fourth-order valence-electron chi connectivity index (χ4n) is 2.59. The van der Waals surface area contributed by atoms with Crippen molar-refractivity contribution in [3.8, 4) is 0 Å². The summed E-state index contributed by atoms with van der Waals surface area (Å²) in [5.74, 6) is -0.860. The van der Waals surface area contributed by atoms with E-state index in [0.717, 1.165) is 19.4 Å². The molecule has 22 heavy (non-hydrogen) atoms. The molecule has 6 heteroatoms. The Morgan fingerprint density at radius 3 is 2.77 bits per heavy atom. The van der Waals surface area contributed by atoms with Gasteiger partial charge in [0.1, 0.15) is 5.82 Å². The van der Waals surface area contributed by atoms with Crippen molar-refractivity contribution in [2.75, 3.05) is 31.6 Å². The molecule has 0 aromatic heterocycles. The molecule has 0 radical (unpaired) electrons. The number of nitrogens with one attached hydrogen (secondary N) is 1. The lowest BCUT2D eigenvalue weighted by Gasteiger charge is -2.30. The molecule has 0 aliphatic carbocycles. The summed E-state index contributed by atoms with van der Waals surface area (Å²) >= 11 is 0. The lowest BCUT2D eigenvalue weighted by Crippen LogP contribution is -2.43. The highest BCUT2D eigenvalue weighted by atomic mass is 19.1. The van der Waals surface area contributed by atoms with E-state index in [1.165, 1.54) is 24.3 Å². The highest BCUT2D eigenvalue weighted by molar-refractivity contribution is 5.92. The SMILES string of the molecule is CCOC(=O)C1CCCN(CC(=O)Nc2ccc(F)cc2)C1. The topological polar surface area (TPSA) is 58.6 Å². The van der Waals surface area contributed by atoms with Crippen LogP contribution in [0.15, 0.2) is 24.3 Å². The van der Waals surface area contributed by atoms with Gasteiger partial charge in [0.15, 0.2) is 0 Å². The summed E-state index contributed by atoms with van der Waals surface area (Å²) in [5.41, 5.74) is 0.561. The van der Waals surface area contributed by atoms with E-state index in [-0.39, 0.29) is 30.2 Å². The second kappa shape index (κ2) is 7.89. The number of anilines is 1. The number of carbonyl (C=O) groups is 2. The van der Waals surface area contributed by atoms with Gasteiger partial charge in [0, 0.05) is 12.2 Å². The molecular formula is C16H21FN2O3. The number of piperidine rings is 1. The van der Waals surface area contributed by atoms with Crippen molar-refractivity contribution in [3.05, 3.63) is 30.1 Å². The molecular weight excluding hydrogens is 287 g/mol. The molecule has 0 spiro atoms. The second-order valence-electron chi connectivity index (χ2n) is 5.38. The maximum absolute atomic E-state index is 12.8. The summed E-state index contributed by atoms with van der Waals surface area (Å²) in [6, 6.07) is 5.64. The lowest BCUT2D eigenvalue weighted by molar-refractivity contribution is -0.150. The number of hydrogen-bond donors (Lipinski definition) is 1. The van der Waals surface area contributed by atoms with Crippen molar-refractivity contribution in [3.63, 3.8) is 0 Å². The first-order chi connectivity index (χ1) is 10.6. The van der Waals surface area contributed by atoms with Crippen LogP contribution in [0.2, 0.25) is 0 Å². The van der Waals surface area contributed by atoms with Crippen molar-refractivity contribution in [2.24, 2.45) is 5.92 Å². The van der Waals surface area contributed by atoms with Gasteiger partial charge in [-0.05, 0) is 50.6 Å². The summed E-state index contributed by atoms with van der Waals surface area (Å²) in [5, 5.41) is 2.72. The van der Waals surface area contributed by atoms with E-state index in [1.807, 2.05) is 4.90 Å². The first-order valence-electron chi connectivity index (χ1n) is 7.53. The van der Waals surface area contributed by atoms with Gasteiger partial charge in [-0.3, -0.25) is 14.5 Å². The molecule has 1 amide bonds. The smallest absolute Gasteiger partial charge is 0.310 e. The molecule has 1 aliphatic heterocycles. The van der Waals surface area contributed by atoms with Crippen LogP contribution in [0.5, 0.6) is 0 Å². The highest BCUT2D eigenvalue weighted by Gasteiger charge is 2.27. The van der Waals surface area contributed by atoms with Crippen LogP contribution in [0, 0.1) is 11.7 Å². The fraction of sp³-hybridized carbons (Fsp3) is 0.500. The number of ether oxygens (including phenoxy) is 1. The Bertz CT molecular complexity index is 519. The van der Waals surface area contributed by atoms with Gasteiger partial charge < -0.3 is 10.1 Å². The summed E-state index contributed by atoms with van der Waals surface area (Å²) in [7, 11) is 0. The van der Waals surface area contributed by atoms with E-state index in [1.54, 1.807) is 6.92 Å². The number of amides is 1. The molecule has 1 atom stereocenters. The van der Waals surface area contributed by atoms with Crippen molar-refractivity contribution in [2.45, 2.75) is 19.8 Å². The van der Waals surface area contributed by atoms with Crippen LogP contribution in [-0.2, 0) is 14.3 Å². The van der Waals surface area contributed by atoms with Gasteiger partial charge in [-0.1, -0.05) is 0 Å². The molecule has 1 fully saturated rings. The van der Waals surface area contributed by atoms with E-state index in [4.69, 9.17) is 4.74 Å². The van der Waals surface area contributed by atoms with E-state index < -0.39 is 0 Å². The van der Waals surface area contributed by atoms with Crippen LogP contribution in [0.4, 0.5) is 10.1 Å². The average Bonchev–Trinajstić information content (AvgIpc) is 2.50. The molecule has 120 valence electrons. The molecule has 1 saturated heterocycles. The average molecular weight is 308 g/mol. The number of benzene rings is 1. The Balaban J connectivity index is 1.83. The third kappa shape index (κ3) is 4.80. The first kappa shape index (κ1) is 16.4. The summed E-state index contributed by atoms with van der Waals surface area (Å²) in [6.45, 7) is 3.70. The van der Waals surface area contributed by atoms with Gasteiger partial charge in [0.05, 0.1) is 19.1 Å². The Hall–Kier alpha value is -1.95. The summed E-state index contributed by atoms with van der Waals surface area (Å²) < 4.78 is 17.9. The van der Waals surface area contributed by atoms with E-state index in [2.05, 4.69) is 5.32 Å². The number of rotatable bonds is 5. The minimum atomic E-state index is -0.341. The monoisotopic (exact) mass is 308 g/mol. The lowest BCUT2D eigenvalue weighted by atomic mass is 9.98. The number of likely N-dealkylation sites (tertiary alicyclic amines) is 1. The predicted octanol–water partition coefficient (Wildman–Crippen LogP) is 2.04. The molecule has 1 N–H and O–H groups in total. The van der Waals surface area contributed by atoms with Gasteiger partial charge in [-0.25, -0.2) is 4.39 Å². The third-order valence-electron chi connectivity index (χ3n) is 3.62. The van der Waals surface area contributed by atoms with Crippen molar-refractivity contribution >= 4 is 17.6 Å². The second-order valence-corrected chi connectivity index (χ2v) is 5.38. The maximum Gasteiger partial charge on any atom is 0.310 e. The van der Waals surface area contributed by atoms with Crippen LogP contribution in [-0.4, -0.2) is 43.0 Å². The first-order valence-corrected chi connectivity index (χ1v) is 7.53. The Morgan fingerprint density at radius 1 is 1.36 bits per heavy atom. The normalized spacial score (nSPS) is 18.7. The Labute approximate surface area is 129 Å². The summed E-state index contributed by atoms with van der Waals surface area (Å²) in [6.07, 6.45) is 1.67. The Kier molecular flexibility index (Phi) is 5.89. The van der Waals surface area contributed by atoms with Crippen LogP contribution < -0.4 is 5.32 Å². The zero-order valence-corrected chi connectivity index (χ0v) is 12.7. The van der Waals surface area contributed by atoms with E-state index >= 15 is 0 Å². The van der Waals surface area contributed by atoms with Crippen molar-refractivity contribution in [1.82, 2.24) is 4.90 Å². The molecule has 1 aliphatic rings. The number of esters is 1. The summed E-state index contributed by atoms with van der Waals surface area (Å²) in [4.78, 5) is 25.7.